The van der Waals surface area contributed by atoms with E-state index in [1.165, 1.54) is 11.1 Å². The number of rotatable bonds is 6. The van der Waals surface area contributed by atoms with Crippen LogP contribution in [0.1, 0.15) is 35.4 Å². The Morgan fingerprint density at radius 3 is 2.67 bits per heavy atom. The normalized spacial score (nSPS) is 10.9. The van der Waals surface area contributed by atoms with E-state index in [0.717, 1.165) is 29.9 Å². The molecule has 2 heterocycles. The molecule has 0 radical (unpaired) electrons. The van der Waals surface area contributed by atoms with Crippen LogP contribution in [-0.2, 0) is 17.8 Å². The Kier molecular flexibility index (Phi) is 4.94. The summed E-state index contributed by atoms with van der Waals surface area (Å²) in [5.41, 5.74) is 5.48. The lowest BCUT2D eigenvalue weighted by molar-refractivity contribution is -0.121. The summed E-state index contributed by atoms with van der Waals surface area (Å²) in [6.45, 7) is 4.60. The maximum atomic E-state index is 12.0. The van der Waals surface area contributed by atoms with Gasteiger partial charge in [0.2, 0.25) is 5.91 Å². The molecule has 3 rings (SSSR count). The molecule has 0 unspecified atom stereocenters. The molecule has 24 heavy (non-hydrogen) atoms. The lowest BCUT2D eigenvalue weighted by atomic mass is 10.1. The Bertz CT molecular complexity index is 834. The number of aromatic nitrogens is 2. The lowest BCUT2D eigenvalue weighted by Crippen LogP contribution is -2.22. The zero-order chi connectivity index (χ0) is 16.9. The summed E-state index contributed by atoms with van der Waals surface area (Å²) >= 11 is 0. The number of imidazole rings is 1. The number of nitrogens with zero attached hydrogens (tertiary/aromatic N) is 2. The van der Waals surface area contributed by atoms with Gasteiger partial charge in [0.15, 0.2) is 0 Å². The molecule has 0 aliphatic rings. The number of benzene rings is 1. The average molecular weight is 321 g/mol. The molecule has 4 heteroatoms. The summed E-state index contributed by atoms with van der Waals surface area (Å²) in [5.74, 6) is 0.0795. The van der Waals surface area contributed by atoms with Crippen LogP contribution in [0.4, 0.5) is 0 Å². The summed E-state index contributed by atoms with van der Waals surface area (Å²) in [7, 11) is 0. The summed E-state index contributed by atoms with van der Waals surface area (Å²) in [6.07, 6.45) is 4.32. The van der Waals surface area contributed by atoms with Crippen LogP contribution in [0, 0.1) is 13.8 Å². The van der Waals surface area contributed by atoms with Crippen molar-refractivity contribution in [3.8, 4) is 0 Å². The van der Waals surface area contributed by atoms with Crippen molar-refractivity contribution in [2.24, 2.45) is 0 Å². The van der Waals surface area contributed by atoms with Gasteiger partial charge in [-0.2, -0.15) is 0 Å². The highest BCUT2D eigenvalue weighted by atomic mass is 16.1. The predicted molar refractivity (Wildman–Crippen MR) is 95.9 cm³/mol. The molecule has 0 saturated heterocycles. The number of hydrogen-bond donors (Lipinski definition) is 1. The maximum absolute atomic E-state index is 12.0. The van der Waals surface area contributed by atoms with Crippen molar-refractivity contribution in [3.05, 3.63) is 71.2 Å². The fourth-order valence-corrected chi connectivity index (χ4v) is 2.77. The van der Waals surface area contributed by atoms with Gasteiger partial charge in [-0.1, -0.05) is 35.9 Å². The van der Waals surface area contributed by atoms with E-state index in [0.29, 0.717) is 13.0 Å². The van der Waals surface area contributed by atoms with Gasteiger partial charge in [-0.3, -0.25) is 4.79 Å². The van der Waals surface area contributed by atoms with Gasteiger partial charge in [0.25, 0.3) is 0 Å². The summed E-state index contributed by atoms with van der Waals surface area (Å²) < 4.78 is 2.04. The van der Waals surface area contributed by atoms with E-state index in [1.54, 1.807) is 0 Å². The lowest BCUT2D eigenvalue weighted by Gasteiger charge is -2.04. The third-order valence-corrected chi connectivity index (χ3v) is 4.20. The molecule has 0 saturated carbocycles. The monoisotopic (exact) mass is 321 g/mol. The van der Waals surface area contributed by atoms with Crippen molar-refractivity contribution in [2.45, 2.75) is 39.7 Å². The van der Waals surface area contributed by atoms with Crippen molar-refractivity contribution in [1.29, 1.82) is 0 Å². The first kappa shape index (κ1) is 16.2. The van der Waals surface area contributed by atoms with Crippen LogP contribution in [0.3, 0.4) is 0 Å². The first-order valence-corrected chi connectivity index (χ1v) is 8.38. The molecule has 0 aliphatic carbocycles. The molecule has 0 bridgehead atoms. The van der Waals surface area contributed by atoms with E-state index in [2.05, 4.69) is 41.5 Å². The van der Waals surface area contributed by atoms with Gasteiger partial charge in [-0.15, -0.1) is 0 Å². The molecular weight excluding hydrogens is 298 g/mol. The number of carbonyl (C=O) groups excluding carboxylic acids is 1. The highest BCUT2D eigenvalue weighted by molar-refractivity contribution is 5.75. The van der Waals surface area contributed by atoms with Gasteiger partial charge in [-0.25, -0.2) is 4.98 Å². The second-order valence-corrected chi connectivity index (χ2v) is 6.24. The second kappa shape index (κ2) is 7.30. The largest absolute Gasteiger partial charge is 0.350 e. The Morgan fingerprint density at radius 2 is 1.92 bits per heavy atom. The van der Waals surface area contributed by atoms with Crippen LogP contribution in [0.2, 0.25) is 0 Å². The summed E-state index contributed by atoms with van der Waals surface area (Å²) in [4.78, 5) is 16.5. The first-order chi connectivity index (χ1) is 11.6. The molecule has 124 valence electrons. The van der Waals surface area contributed by atoms with Gasteiger partial charge in [0.05, 0.1) is 12.2 Å². The second-order valence-electron chi connectivity index (χ2n) is 6.24. The summed E-state index contributed by atoms with van der Waals surface area (Å²) in [6, 6.07) is 14.5. The number of nitrogens with one attached hydrogen (secondary N) is 1. The minimum atomic E-state index is 0.0795. The number of hydrogen-bond acceptors (Lipinski definition) is 2. The molecule has 0 spiro atoms. The van der Waals surface area contributed by atoms with Gasteiger partial charge >= 0.3 is 0 Å². The van der Waals surface area contributed by atoms with Crippen LogP contribution in [-0.4, -0.2) is 15.3 Å². The maximum Gasteiger partial charge on any atom is 0.220 e. The molecule has 1 aromatic carbocycles. The van der Waals surface area contributed by atoms with Crippen molar-refractivity contribution < 1.29 is 4.79 Å². The highest BCUT2D eigenvalue weighted by Gasteiger charge is 2.06. The highest BCUT2D eigenvalue weighted by Crippen LogP contribution is 2.09. The molecular formula is C20H23N3O. The molecule has 4 nitrogen and oxygen atoms in total. The Balaban J connectivity index is 1.46. The van der Waals surface area contributed by atoms with Crippen LogP contribution >= 0.6 is 0 Å². The molecule has 0 atom stereocenters. The van der Waals surface area contributed by atoms with E-state index in [9.17, 15) is 4.79 Å². The zero-order valence-corrected chi connectivity index (χ0v) is 14.2. The van der Waals surface area contributed by atoms with Crippen LogP contribution < -0.4 is 5.32 Å². The van der Waals surface area contributed by atoms with E-state index in [-0.39, 0.29) is 5.91 Å². The van der Waals surface area contributed by atoms with Gasteiger partial charge in [-0.05, 0) is 44.4 Å². The van der Waals surface area contributed by atoms with Crippen molar-refractivity contribution >= 4 is 11.6 Å². The standard InChI is InChI=1S/C20H23N3O/c1-15-9-11-17(12-10-15)6-4-8-20(24)21-13-18-14-23-16(2)5-3-7-19(23)22-18/h3,5,7,9-12,14H,4,6,8,13H2,1-2H3,(H,21,24). The third kappa shape index (κ3) is 4.02. The third-order valence-electron chi connectivity index (χ3n) is 4.20. The Labute approximate surface area is 142 Å². The Morgan fingerprint density at radius 1 is 1.12 bits per heavy atom. The van der Waals surface area contributed by atoms with Crippen molar-refractivity contribution in [3.63, 3.8) is 0 Å². The topological polar surface area (TPSA) is 46.4 Å². The van der Waals surface area contributed by atoms with Crippen molar-refractivity contribution in [1.82, 2.24) is 14.7 Å². The van der Waals surface area contributed by atoms with Crippen LogP contribution in [0.15, 0.2) is 48.7 Å². The SMILES string of the molecule is Cc1ccc(CCCC(=O)NCc2cn3c(C)cccc3n2)cc1. The molecule has 0 fully saturated rings. The quantitative estimate of drug-likeness (QED) is 0.754. The number of carbonyl (C=O) groups is 1. The Hall–Kier alpha value is -2.62. The van der Waals surface area contributed by atoms with Crippen LogP contribution in [0.5, 0.6) is 0 Å². The van der Waals surface area contributed by atoms with E-state index >= 15 is 0 Å². The minimum absolute atomic E-state index is 0.0795. The van der Waals surface area contributed by atoms with E-state index < -0.39 is 0 Å². The molecule has 2 aromatic heterocycles. The van der Waals surface area contributed by atoms with E-state index in [4.69, 9.17) is 0 Å². The average Bonchev–Trinajstić information content (AvgIpc) is 2.99. The zero-order valence-electron chi connectivity index (χ0n) is 14.2. The predicted octanol–water partition coefficient (Wildman–Crippen LogP) is 3.59. The van der Waals surface area contributed by atoms with Crippen LogP contribution in [0.25, 0.3) is 5.65 Å². The molecule has 1 amide bonds. The number of amides is 1. The fourth-order valence-electron chi connectivity index (χ4n) is 2.77. The number of pyridine rings is 1. The fraction of sp³-hybridized carbons (Fsp3) is 0.300. The van der Waals surface area contributed by atoms with Gasteiger partial charge in [0.1, 0.15) is 5.65 Å². The smallest absolute Gasteiger partial charge is 0.220 e. The molecule has 3 aromatic rings. The first-order valence-electron chi connectivity index (χ1n) is 8.38. The van der Waals surface area contributed by atoms with Gasteiger partial charge in [0, 0.05) is 18.3 Å². The summed E-state index contributed by atoms with van der Waals surface area (Å²) in [5, 5.41) is 2.96. The van der Waals surface area contributed by atoms with Crippen molar-refractivity contribution in [2.75, 3.05) is 0 Å². The minimum Gasteiger partial charge on any atom is -0.350 e. The van der Waals surface area contributed by atoms with E-state index in [1.807, 2.05) is 35.7 Å². The number of aryl methyl sites for hydroxylation is 3. The molecule has 0 aliphatic heterocycles. The molecule has 1 N–H and O–H groups in total. The van der Waals surface area contributed by atoms with Gasteiger partial charge < -0.3 is 9.72 Å². The number of fused-ring (bicyclic) bond motifs is 1.